The van der Waals surface area contributed by atoms with E-state index in [-0.39, 0.29) is 12.3 Å². The summed E-state index contributed by atoms with van der Waals surface area (Å²) in [7, 11) is 0. The monoisotopic (exact) mass is 1090 g/mol. The molecule has 0 saturated carbocycles. The van der Waals surface area contributed by atoms with Crippen molar-refractivity contribution in [1.29, 1.82) is 5.26 Å². The van der Waals surface area contributed by atoms with Gasteiger partial charge in [0.15, 0.2) is 12.4 Å². The maximum absolute atomic E-state index is 14.2. The lowest BCUT2D eigenvalue weighted by atomic mass is 9.12. The van der Waals surface area contributed by atoms with Gasteiger partial charge in [-0.05, 0) is 36.4 Å². The molecule has 0 unspecified atom stereocenters. The Kier molecular flexibility index (Phi) is 15.5. The van der Waals surface area contributed by atoms with E-state index in [1.807, 2.05) is 36.7 Å². The van der Waals surface area contributed by atoms with Crippen LogP contribution in [0.1, 0.15) is 60.4 Å². The highest BCUT2D eigenvalue weighted by molar-refractivity contribution is 7.20. The molecule has 0 bridgehead atoms. The van der Waals surface area contributed by atoms with Crippen molar-refractivity contribution in [3.63, 3.8) is 0 Å². The second-order valence-electron chi connectivity index (χ2n) is 15.9. The summed E-state index contributed by atoms with van der Waals surface area (Å²) in [6.45, 7) is 0.250. The van der Waals surface area contributed by atoms with Gasteiger partial charge in [-0.3, -0.25) is 4.79 Å². The van der Waals surface area contributed by atoms with Crippen LogP contribution in [0.5, 0.6) is 0 Å². The summed E-state index contributed by atoms with van der Waals surface area (Å²) in [5, 5.41) is 8.92. The summed E-state index contributed by atoms with van der Waals surface area (Å²) >= 11 is 0. The van der Waals surface area contributed by atoms with E-state index in [1.165, 1.54) is 0 Å². The van der Waals surface area contributed by atoms with Crippen molar-refractivity contribution in [1.82, 2.24) is 0 Å². The number of Topliss-reactive ketones (excluding diaryl/α,β-unsaturated/α-hetero) is 1. The fourth-order valence-electron chi connectivity index (χ4n) is 7.69. The highest BCUT2D eigenvalue weighted by Gasteiger charge is 2.47. The van der Waals surface area contributed by atoms with Gasteiger partial charge >= 0.3 is 49.4 Å². The van der Waals surface area contributed by atoms with Crippen LogP contribution in [-0.2, 0) is 56.0 Å². The summed E-state index contributed by atoms with van der Waals surface area (Å²) in [6.07, 6.45) is -51.2. The molecule has 1 heterocycles. The molecule has 0 N–H and O–H groups in total. The summed E-state index contributed by atoms with van der Waals surface area (Å²) < 4.78 is 343. The molecule has 0 spiro atoms. The number of pyridine rings is 1. The number of alkyl halides is 24. The Balaban J connectivity index is 0.000000500. The lowest BCUT2D eigenvalue weighted by Crippen LogP contribution is -2.75. The molecular weight excluding hydrogens is 1060 g/mol. The highest BCUT2D eigenvalue weighted by atomic mass is 19.4. The van der Waals surface area contributed by atoms with Gasteiger partial charge in [0, 0.05) is 17.7 Å². The number of benzene rings is 5. The van der Waals surface area contributed by atoms with Crippen LogP contribution >= 0.6 is 0 Å². The van der Waals surface area contributed by atoms with Crippen molar-refractivity contribution in [2.45, 2.75) is 56.0 Å². The van der Waals surface area contributed by atoms with Crippen LogP contribution in [0.4, 0.5) is 105 Å². The van der Waals surface area contributed by atoms with Gasteiger partial charge < -0.3 is 0 Å². The first-order chi connectivity index (χ1) is 33.6. The minimum atomic E-state index is -6.13. The average Bonchev–Trinajstić information content (AvgIpc) is 3.27. The third-order valence-corrected chi connectivity index (χ3v) is 10.9. The lowest BCUT2D eigenvalue weighted by molar-refractivity contribution is -0.683. The molecule has 0 atom stereocenters. The molecule has 0 amide bonds. The molecule has 1 aromatic heterocycles. The molecule has 0 aliphatic heterocycles. The van der Waals surface area contributed by atoms with E-state index in [1.54, 1.807) is 28.8 Å². The van der Waals surface area contributed by atoms with Crippen molar-refractivity contribution < 1.29 is 115 Å². The quantitative estimate of drug-likeness (QED) is 0.0692. The normalized spacial score (nSPS) is 13.2. The van der Waals surface area contributed by atoms with Gasteiger partial charge in [-0.2, -0.15) is 137 Å². The zero-order valence-electron chi connectivity index (χ0n) is 35.8. The van der Waals surface area contributed by atoms with Crippen molar-refractivity contribution in [2.24, 2.45) is 0 Å². The second kappa shape index (κ2) is 19.9. The first kappa shape index (κ1) is 57.7. The Bertz CT molecular complexity index is 2630. The number of aromatic nitrogens is 1. The van der Waals surface area contributed by atoms with Crippen LogP contribution in [0.15, 0.2) is 128 Å². The molecule has 0 fully saturated rings. The van der Waals surface area contributed by atoms with E-state index in [9.17, 15) is 110 Å². The summed E-state index contributed by atoms with van der Waals surface area (Å²) in [4.78, 5) is 12.0. The molecule has 3 nitrogen and oxygen atoms in total. The third-order valence-electron chi connectivity index (χ3n) is 10.9. The van der Waals surface area contributed by atoms with Crippen molar-refractivity contribution in [3.05, 3.63) is 183 Å². The van der Waals surface area contributed by atoms with Crippen molar-refractivity contribution >= 4 is 33.8 Å². The smallest absolute Gasteiger partial charge is 0.287 e. The van der Waals surface area contributed by atoms with Crippen molar-refractivity contribution in [3.8, 4) is 6.07 Å². The largest absolute Gasteiger partial charge is 0.416 e. The standard InChI is InChI=1S/C32H12BF24.C14H11N2O/c34-25(35,36)13-1-14(26(37,38)39)6-21(5-13)33(22-7-15(27(40,41)42)2-16(8-22)28(43,44)45,23-9-17(29(46,47)48)3-18(10-23)30(49,50)51)24-11-19(31(52,53)54)4-20(12-24)32(55,56)57;15-10-12-6-2-3-7-13(12)14(17)11-16-8-4-1-5-9-16/h1-12H;1-9H,11H2/q-1;+1. The SMILES string of the molecule is FC(F)(F)c1cc([B-](c2cc(C(F)(F)F)cc(C(F)(F)F)c2)(c2cc(C(F)(F)F)cc(C(F)(F)F)c2)c2cc(C(F)(F)F)cc(C(F)(F)F)c2)cc(C(F)(F)F)c1.N#Cc1ccccc1C(=O)C[n+]1ccccc1. The number of ketones is 1. The number of nitriles is 1. The van der Waals surface area contributed by atoms with Gasteiger partial charge in [0.2, 0.25) is 12.3 Å². The summed E-state index contributed by atoms with van der Waals surface area (Å²) in [5.41, 5.74) is -29.3. The van der Waals surface area contributed by atoms with Crippen LogP contribution in [0, 0.1) is 11.3 Å². The predicted octanol–water partition coefficient (Wildman–Crippen LogP) is 12.9. The highest BCUT2D eigenvalue weighted by Crippen LogP contribution is 2.41. The molecule has 5 aromatic carbocycles. The Morgan fingerprint density at radius 3 is 0.851 bits per heavy atom. The van der Waals surface area contributed by atoms with E-state index >= 15 is 0 Å². The third kappa shape index (κ3) is 13.1. The number of carbonyl (C=O) groups is 1. The minimum Gasteiger partial charge on any atom is -0.287 e. The topological polar surface area (TPSA) is 44.7 Å². The molecular formula is C46H23BF24N2O. The number of nitrogens with zero attached hydrogens (tertiary/aromatic N) is 2. The van der Waals surface area contributed by atoms with E-state index in [0.717, 1.165) is 0 Å². The van der Waals surface area contributed by atoms with E-state index in [4.69, 9.17) is 5.26 Å². The Hall–Kier alpha value is -7.21. The number of halogens is 24. The fourth-order valence-corrected chi connectivity index (χ4v) is 7.69. The van der Waals surface area contributed by atoms with Gasteiger partial charge in [0.05, 0.1) is 56.1 Å². The van der Waals surface area contributed by atoms with Gasteiger partial charge in [0.25, 0.3) is 0 Å². The maximum Gasteiger partial charge on any atom is 0.416 e. The van der Waals surface area contributed by atoms with Gasteiger partial charge in [-0.25, -0.2) is 0 Å². The first-order valence-electron chi connectivity index (χ1n) is 19.9. The molecule has 394 valence electrons. The second-order valence-corrected chi connectivity index (χ2v) is 15.9. The number of hydrogen-bond donors (Lipinski definition) is 0. The van der Waals surface area contributed by atoms with Gasteiger partial charge in [-0.15, -0.1) is 0 Å². The van der Waals surface area contributed by atoms with Crippen molar-refractivity contribution in [2.75, 3.05) is 0 Å². The molecule has 74 heavy (non-hydrogen) atoms. The molecule has 0 radical (unpaired) electrons. The number of hydrogen-bond acceptors (Lipinski definition) is 2. The van der Waals surface area contributed by atoms with Crippen LogP contribution in [0.25, 0.3) is 0 Å². The molecule has 0 aliphatic carbocycles. The molecule has 6 rings (SSSR count). The van der Waals surface area contributed by atoms with Crippen LogP contribution in [0.2, 0.25) is 0 Å². The van der Waals surface area contributed by atoms with Gasteiger partial charge in [0.1, 0.15) is 6.15 Å². The first-order valence-corrected chi connectivity index (χ1v) is 19.9. The van der Waals surface area contributed by atoms with Crippen LogP contribution in [-0.4, -0.2) is 11.9 Å². The van der Waals surface area contributed by atoms with E-state index < -0.39 is 195 Å². The molecule has 28 heteroatoms. The fraction of sp³-hybridized carbons (Fsp3) is 0.196. The molecule has 6 aromatic rings. The minimum absolute atomic E-state index is 0.0571. The van der Waals surface area contributed by atoms with E-state index in [2.05, 4.69) is 0 Å². The molecule has 0 saturated heterocycles. The molecule has 0 aliphatic rings. The number of rotatable bonds is 7. The van der Waals surface area contributed by atoms with Crippen LogP contribution in [0.3, 0.4) is 0 Å². The average molecular weight is 1090 g/mol. The lowest BCUT2D eigenvalue weighted by Gasteiger charge is -2.46. The summed E-state index contributed by atoms with van der Waals surface area (Å²) in [6, 6.07) is 5.71. The van der Waals surface area contributed by atoms with Crippen LogP contribution < -0.4 is 26.4 Å². The Morgan fingerprint density at radius 2 is 0.622 bits per heavy atom. The summed E-state index contributed by atoms with van der Waals surface area (Å²) in [5.74, 6) is -0.0571. The van der Waals surface area contributed by atoms with Gasteiger partial charge in [-0.1, -0.05) is 66.7 Å². The Labute approximate surface area is 398 Å². The Morgan fingerprint density at radius 1 is 0.378 bits per heavy atom. The predicted molar refractivity (Wildman–Crippen MR) is 212 cm³/mol. The maximum atomic E-state index is 14.2. The zero-order chi connectivity index (χ0) is 56.0. The number of carbonyl (C=O) groups excluding carboxylic acids is 1. The zero-order valence-corrected chi connectivity index (χ0v) is 35.8. The van der Waals surface area contributed by atoms with E-state index in [0.29, 0.717) is 11.1 Å².